The number of carbonyl (C=O) groups excluding carboxylic acids is 4. The quantitative estimate of drug-likeness (QED) is 0.391. The number of aromatic hydroxyl groups is 1. The molecule has 11 nitrogen and oxygen atoms in total. The fraction of sp³-hybridized carbons (Fsp3) is 0.240. The Labute approximate surface area is 224 Å². The molecule has 3 heterocycles. The summed E-state index contributed by atoms with van der Waals surface area (Å²) < 4.78 is 6.77. The maximum atomic E-state index is 13.3. The number of rotatable bonds is 6. The molecule has 196 valence electrons. The molecule has 1 saturated heterocycles. The number of imide groups is 3. The van der Waals surface area contributed by atoms with E-state index in [0.29, 0.717) is 26.1 Å². The number of fused-ring (bicyclic) bond motifs is 2. The Kier molecular flexibility index (Phi) is 6.71. The predicted molar refractivity (Wildman–Crippen MR) is 139 cm³/mol. The number of nitrogens with zero attached hydrogens (tertiary/aromatic N) is 2. The van der Waals surface area contributed by atoms with E-state index in [4.69, 9.17) is 10.5 Å². The molecule has 0 aliphatic carbocycles. The number of phenolic OH excluding ortho intramolecular Hbond substituents is 1. The molecule has 4 N–H and O–H groups in total. The summed E-state index contributed by atoms with van der Waals surface area (Å²) in [6.45, 7) is 1.69. The third kappa shape index (κ3) is 4.33. The highest BCUT2D eigenvalue weighted by atomic mass is 32.2. The highest BCUT2D eigenvalue weighted by molar-refractivity contribution is 8.00. The first-order valence-corrected chi connectivity index (χ1v) is 13.3. The molecule has 5 amide bonds. The second-order valence-corrected chi connectivity index (χ2v) is 10.7. The monoisotopic (exact) mass is 554 g/mol. The highest BCUT2D eigenvalue weighted by Crippen LogP contribution is 2.53. The number of hydrogen-bond donors (Lipinski definition) is 3. The maximum absolute atomic E-state index is 13.3. The lowest BCUT2D eigenvalue weighted by atomic mass is 9.83. The molecule has 0 saturated carbocycles. The van der Waals surface area contributed by atoms with Crippen molar-refractivity contribution in [2.45, 2.75) is 29.7 Å². The molecule has 3 atom stereocenters. The molecule has 0 bridgehead atoms. The second-order valence-electron chi connectivity index (χ2n) is 8.59. The summed E-state index contributed by atoms with van der Waals surface area (Å²) in [5, 5.41) is 12.2. The summed E-state index contributed by atoms with van der Waals surface area (Å²) in [5.41, 5.74) is 6.41. The molecule has 13 heteroatoms. The van der Waals surface area contributed by atoms with E-state index in [0.717, 1.165) is 23.1 Å². The van der Waals surface area contributed by atoms with Gasteiger partial charge in [-0.05, 0) is 36.8 Å². The Morgan fingerprint density at radius 2 is 1.84 bits per heavy atom. The number of thioether (sulfide) groups is 1. The van der Waals surface area contributed by atoms with E-state index >= 15 is 0 Å². The Balaban J connectivity index is 1.60. The highest BCUT2D eigenvalue weighted by Gasteiger charge is 2.58. The number of nitrogens with two attached hydrogens (primary N) is 1. The zero-order valence-electron chi connectivity index (χ0n) is 20.0. The van der Waals surface area contributed by atoms with Crippen molar-refractivity contribution in [1.82, 2.24) is 9.47 Å². The first-order valence-electron chi connectivity index (χ1n) is 11.6. The molecule has 2 aliphatic rings. The zero-order valence-corrected chi connectivity index (χ0v) is 21.6. The fourth-order valence-electron chi connectivity index (χ4n) is 4.69. The minimum Gasteiger partial charge on any atom is -0.504 e. The van der Waals surface area contributed by atoms with Gasteiger partial charge in [0, 0.05) is 16.5 Å². The Hall–Kier alpha value is -4.10. The first kappa shape index (κ1) is 25.5. The summed E-state index contributed by atoms with van der Waals surface area (Å²) >= 11 is 1.82. The van der Waals surface area contributed by atoms with Crippen LogP contribution in [0.1, 0.15) is 23.3 Å². The molecule has 0 spiro atoms. The number of urea groups is 1. The Morgan fingerprint density at radius 1 is 1.11 bits per heavy atom. The minimum absolute atomic E-state index is 0.117. The van der Waals surface area contributed by atoms with Crippen molar-refractivity contribution in [2.24, 2.45) is 11.7 Å². The Morgan fingerprint density at radius 3 is 2.53 bits per heavy atom. The van der Waals surface area contributed by atoms with Gasteiger partial charge in [0.2, 0.25) is 11.8 Å². The molecule has 3 aromatic rings. The van der Waals surface area contributed by atoms with Crippen LogP contribution in [0, 0.1) is 5.92 Å². The van der Waals surface area contributed by atoms with Gasteiger partial charge in [0.05, 0.1) is 17.6 Å². The number of carbonyl (C=O) groups is 4. The average molecular weight is 555 g/mol. The molecule has 1 fully saturated rings. The number of hydrogen-bond acceptors (Lipinski definition) is 9. The summed E-state index contributed by atoms with van der Waals surface area (Å²) in [6.07, 6.45) is 0. The van der Waals surface area contributed by atoms with E-state index in [-0.39, 0.29) is 24.7 Å². The van der Waals surface area contributed by atoms with Crippen LogP contribution in [0.25, 0.3) is 0 Å². The van der Waals surface area contributed by atoms with Crippen LogP contribution in [-0.2, 0) is 20.9 Å². The predicted octanol–water partition coefficient (Wildman–Crippen LogP) is 2.32. The summed E-state index contributed by atoms with van der Waals surface area (Å²) in [7, 11) is 0. The van der Waals surface area contributed by atoms with Gasteiger partial charge >= 0.3 is 10.9 Å². The lowest BCUT2D eigenvalue weighted by molar-refractivity contribution is -0.135. The van der Waals surface area contributed by atoms with Crippen LogP contribution < -0.4 is 20.7 Å². The molecule has 1 aromatic heterocycles. The molecule has 0 radical (unpaired) electrons. The minimum atomic E-state index is -1.18. The van der Waals surface area contributed by atoms with Gasteiger partial charge in [0.15, 0.2) is 11.5 Å². The molecular weight excluding hydrogens is 532 g/mol. The van der Waals surface area contributed by atoms with Crippen LogP contribution >= 0.6 is 23.1 Å². The van der Waals surface area contributed by atoms with Gasteiger partial charge in [0.1, 0.15) is 11.8 Å². The van der Waals surface area contributed by atoms with Crippen molar-refractivity contribution < 1.29 is 29.0 Å². The second kappa shape index (κ2) is 9.99. The SMILES string of the molecule is CCOc1cc([C@@H]2c3sc(=O)n(CC(=O)Nc4ccccc4)c3S[C@@H]3C(=O)N(C(N)=O)C(=O)[C@H]23)ccc1O. The maximum Gasteiger partial charge on any atom is 0.328 e. The van der Waals surface area contributed by atoms with E-state index in [1.165, 1.54) is 10.6 Å². The number of anilines is 1. The standard InChI is InChI=1S/C25H22N4O7S2/c1-2-36-15-10-12(8-9-14(15)30)17-18-19(22(33)29(21(18)32)24(26)34)37-23-20(17)38-25(35)28(23)11-16(31)27-13-6-4-3-5-7-13/h3-10,17-19,30H,2,11H2,1H3,(H2,26,34)(H,27,31)/t17-,18+,19-/m0/s1. The molecule has 0 unspecified atom stereocenters. The fourth-order valence-corrected chi connectivity index (χ4v) is 7.47. The molecule has 5 rings (SSSR count). The van der Waals surface area contributed by atoms with Crippen LogP contribution in [-0.4, -0.2) is 50.2 Å². The van der Waals surface area contributed by atoms with Crippen LogP contribution in [0.5, 0.6) is 11.5 Å². The van der Waals surface area contributed by atoms with Crippen molar-refractivity contribution in [3.8, 4) is 11.5 Å². The van der Waals surface area contributed by atoms with Crippen LogP contribution in [0.4, 0.5) is 10.5 Å². The number of primary amides is 1. The smallest absolute Gasteiger partial charge is 0.328 e. The molecule has 2 aromatic carbocycles. The lowest BCUT2D eigenvalue weighted by Crippen LogP contribution is -2.41. The third-order valence-corrected chi connectivity index (χ3v) is 8.88. The van der Waals surface area contributed by atoms with E-state index in [9.17, 15) is 29.1 Å². The molecule has 38 heavy (non-hydrogen) atoms. The number of amides is 5. The van der Waals surface area contributed by atoms with Crippen LogP contribution in [0.2, 0.25) is 0 Å². The first-order chi connectivity index (χ1) is 18.2. The summed E-state index contributed by atoms with van der Waals surface area (Å²) in [5.74, 6) is -3.81. The van der Waals surface area contributed by atoms with Crippen molar-refractivity contribution >= 4 is 52.5 Å². The van der Waals surface area contributed by atoms with Crippen molar-refractivity contribution in [1.29, 1.82) is 0 Å². The van der Waals surface area contributed by atoms with E-state index in [1.807, 2.05) is 0 Å². The van der Waals surface area contributed by atoms with Gasteiger partial charge in [-0.25, -0.2) is 4.79 Å². The largest absolute Gasteiger partial charge is 0.504 e. The zero-order chi connectivity index (χ0) is 27.1. The van der Waals surface area contributed by atoms with Gasteiger partial charge in [0.25, 0.3) is 5.91 Å². The number of nitrogens with one attached hydrogen (secondary N) is 1. The number of ether oxygens (including phenoxy) is 1. The van der Waals surface area contributed by atoms with Crippen molar-refractivity contribution in [3.63, 3.8) is 0 Å². The molecular formula is C25H22N4O7S2. The van der Waals surface area contributed by atoms with Crippen molar-refractivity contribution in [3.05, 3.63) is 68.6 Å². The van der Waals surface area contributed by atoms with E-state index in [2.05, 4.69) is 5.32 Å². The number of benzene rings is 2. The van der Waals surface area contributed by atoms with Crippen molar-refractivity contribution in [2.75, 3.05) is 11.9 Å². The summed E-state index contributed by atoms with van der Waals surface area (Å²) in [4.78, 5) is 64.8. The number of thiazole rings is 1. The normalized spacial score (nSPS) is 20.1. The van der Waals surface area contributed by atoms with E-state index < -0.39 is 45.7 Å². The number of phenols is 1. The number of para-hydroxylation sites is 1. The summed E-state index contributed by atoms with van der Waals surface area (Å²) in [6, 6.07) is 12.1. The number of aromatic nitrogens is 1. The van der Waals surface area contributed by atoms with Crippen LogP contribution in [0.15, 0.2) is 58.4 Å². The van der Waals surface area contributed by atoms with Crippen LogP contribution in [0.3, 0.4) is 0 Å². The van der Waals surface area contributed by atoms with Gasteiger partial charge in [-0.15, -0.1) is 0 Å². The lowest BCUT2D eigenvalue weighted by Gasteiger charge is -2.31. The van der Waals surface area contributed by atoms with Gasteiger partial charge in [-0.3, -0.25) is 23.7 Å². The number of likely N-dealkylation sites (tertiary alicyclic amines) is 1. The van der Waals surface area contributed by atoms with E-state index in [1.54, 1.807) is 49.4 Å². The topological polar surface area (TPSA) is 161 Å². The van der Waals surface area contributed by atoms with Gasteiger partial charge in [-0.2, -0.15) is 4.90 Å². The third-order valence-electron chi connectivity index (χ3n) is 6.27. The van der Waals surface area contributed by atoms with Gasteiger partial charge < -0.3 is 20.9 Å². The van der Waals surface area contributed by atoms with Gasteiger partial charge in [-0.1, -0.05) is 47.4 Å². The molecule has 2 aliphatic heterocycles. The average Bonchev–Trinajstić information content (AvgIpc) is 3.32. The Bertz CT molecular complexity index is 1520.